The van der Waals surface area contributed by atoms with Crippen LogP contribution in [0.2, 0.25) is 0 Å². The van der Waals surface area contributed by atoms with Crippen LogP contribution in [0.1, 0.15) is 89.2 Å². The average molecular weight is 347 g/mol. The molecule has 2 aliphatic rings. The molecule has 3 rings (SSSR count). The summed E-state index contributed by atoms with van der Waals surface area (Å²) in [7, 11) is 4.55. The Labute approximate surface area is 151 Å². The van der Waals surface area contributed by atoms with Crippen molar-refractivity contribution in [1.82, 2.24) is 4.90 Å². The van der Waals surface area contributed by atoms with Gasteiger partial charge in [-0.3, -0.25) is 0 Å². The van der Waals surface area contributed by atoms with Gasteiger partial charge in [-0.25, -0.2) is 12.1 Å². The van der Waals surface area contributed by atoms with Gasteiger partial charge in [-0.15, -0.1) is 10.9 Å². The maximum atomic E-state index is 2.52. The van der Waals surface area contributed by atoms with Crippen molar-refractivity contribution in [3.8, 4) is 0 Å². The monoisotopic (exact) mass is 346 g/mol. The Kier molecular flexibility index (Phi) is 6.88. The summed E-state index contributed by atoms with van der Waals surface area (Å²) in [5.41, 5.74) is 3.69. The average Bonchev–Trinajstić information content (AvgIpc) is 3.06. The smallest absolute Gasteiger partial charge is 0.0104 e. The highest BCUT2D eigenvalue weighted by molar-refractivity contribution is 7.67. The molecule has 136 valence electrons. The van der Waals surface area contributed by atoms with Gasteiger partial charge in [0.2, 0.25) is 0 Å². The predicted octanol–water partition coefficient (Wildman–Crippen LogP) is 6.19. The Morgan fingerprint density at radius 3 is 2.00 bits per heavy atom. The molecule has 0 saturated heterocycles. The molecule has 0 spiro atoms. The first-order valence-electron chi connectivity index (χ1n) is 10.4. The van der Waals surface area contributed by atoms with Crippen LogP contribution in [0.25, 0.3) is 0 Å². The van der Waals surface area contributed by atoms with Gasteiger partial charge in [-0.05, 0) is 63.6 Å². The maximum Gasteiger partial charge on any atom is -0.0104 e. The zero-order valence-electron chi connectivity index (χ0n) is 16.1. The second-order valence-electron chi connectivity index (χ2n) is 8.24. The molecule has 2 heteroatoms. The minimum absolute atomic E-state index is 0.0345. The fourth-order valence-corrected chi connectivity index (χ4v) is 9.22. The number of hydrogen-bond donors (Lipinski definition) is 0. The van der Waals surface area contributed by atoms with Crippen molar-refractivity contribution >= 4 is 13.2 Å². The third kappa shape index (κ3) is 4.10. The molecule has 1 atom stereocenters. The summed E-state index contributed by atoms with van der Waals surface area (Å²) < 4.78 is 0. The Hall–Kier alpha value is -0.260. The predicted molar refractivity (Wildman–Crippen MR) is 109 cm³/mol. The quantitative estimate of drug-likeness (QED) is 0.438. The lowest BCUT2D eigenvalue weighted by atomic mass is 9.99. The summed E-state index contributed by atoms with van der Waals surface area (Å²) in [6.45, 7) is 2.35. The van der Waals surface area contributed by atoms with Gasteiger partial charge in [-0.2, -0.15) is 6.07 Å². The number of rotatable bonds is 6. The van der Waals surface area contributed by atoms with Crippen LogP contribution >= 0.6 is 7.92 Å². The van der Waals surface area contributed by atoms with E-state index in [1.165, 1.54) is 70.6 Å². The van der Waals surface area contributed by atoms with E-state index >= 15 is 0 Å². The van der Waals surface area contributed by atoms with Gasteiger partial charge in [0.1, 0.15) is 0 Å². The second-order valence-corrected chi connectivity index (χ2v) is 11.0. The van der Waals surface area contributed by atoms with Crippen molar-refractivity contribution in [2.45, 2.75) is 94.9 Å². The molecule has 0 aromatic heterocycles. The van der Waals surface area contributed by atoms with Crippen LogP contribution in [0.15, 0.2) is 18.2 Å². The highest BCUT2D eigenvalue weighted by atomic mass is 31.1. The van der Waals surface area contributed by atoms with Crippen molar-refractivity contribution < 1.29 is 0 Å². The van der Waals surface area contributed by atoms with Crippen LogP contribution in [0.5, 0.6) is 0 Å². The van der Waals surface area contributed by atoms with Crippen LogP contribution < -0.4 is 5.30 Å². The standard InChI is InChI=1S/C22H37NP/c1-4-21(23(2)3)20-16-11-17-22(20)24(18-12-7-5-8-13-18)19-14-9-6-10-15-19/h11,16-19,21H,4-10,12-15H2,1-3H3/q-1/t21-/m0/s1. The first kappa shape index (κ1) is 18.5. The molecule has 0 unspecified atom stereocenters. The molecular formula is C22H37NP-. The molecule has 0 bridgehead atoms. The SMILES string of the molecule is CC[C@@H]([c-]1cccc1P(C1CCCCC1)C1CCCCC1)N(C)C. The molecule has 24 heavy (non-hydrogen) atoms. The summed E-state index contributed by atoms with van der Waals surface area (Å²) >= 11 is 0. The summed E-state index contributed by atoms with van der Waals surface area (Å²) in [4.78, 5) is 2.44. The van der Waals surface area contributed by atoms with Crippen LogP contribution in [0.4, 0.5) is 0 Å². The molecule has 1 aromatic carbocycles. The lowest BCUT2D eigenvalue weighted by Crippen LogP contribution is -2.29. The third-order valence-corrected chi connectivity index (χ3v) is 9.98. The molecule has 0 radical (unpaired) electrons. The van der Waals surface area contributed by atoms with Crippen LogP contribution in [0, 0.1) is 0 Å². The van der Waals surface area contributed by atoms with E-state index < -0.39 is 0 Å². The Bertz CT molecular complexity index is 462. The van der Waals surface area contributed by atoms with Gasteiger partial charge in [0.05, 0.1) is 0 Å². The van der Waals surface area contributed by atoms with Gasteiger partial charge >= 0.3 is 0 Å². The zero-order valence-corrected chi connectivity index (χ0v) is 17.0. The summed E-state index contributed by atoms with van der Waals surface area (Å²) in [5.74, 6) is 0. The highest BCUT2D eigenvalue weighted by Gasteiger charge is 2.32. The Balaban J connectivity index is 1.91. The first-order valence-corrected chi connectivity index (χ1v) is 11.9. The Morgan fingerprint density at radius 2 is 1.54 bits per heavy atom. The zero-order chi connectivity index (χ0) is 16.9. The normalized spacial score (nSPS) is 22.4. The van der Waals surface area contributed by atoms with Gasteiger partial charge < -0.3 is 4.90 Å². The van der Waals surface area contributed by atoms with Crippen molar-refractivity contribution in [2.24, 2.45) is 0 Å². The summed E-state index contributed by atoms with van der Waals surface area (Å²) in [6, 6.07) is 7.94. The van der Waals surface area contributed by atoms with Crippen molar-refractivity contribution in [3.05, 3.63) is 23.8 Å². The van der Waals surface area contributed by atoms with E-state index in [0.29, 0.717) is 6.04 Å². The molecule has 0 amide bonds. The molecule has 1 nitrogen and oxygen atoms in total. The van der Waals surface area contributed by atoms with E-state index in [1.807, 2.05) is 0 Å². The minimum Gasteiger partial charge on any atom is -0.313 e. The fourth-order valence-electron chi connectivity index (χ4n) is 5.21. The lowest BCUT2D eigenvalue weighted by Gasteiger charge is -2.42. The van der Waals surface area contributed by atoms with Crippen LogP contribution in [-0.4, -0.2) is 30.3 Å². The van der Waals surface area contributed by atoms with E-state index in [0.717, 1.165) is 11.3 Å². The van der Waals surface area contributed by atoms with Crippen molar-refractivity contribution in [2.75, 3.05) is 14.1 Å². The molecule has 0 N–H and O–H groups in total. The number of hydrogen-bond acceptors (Lipinski definition) is 1. The highest BCUT2D eigenvalue weighted by Crippen LogP contribution is 2.56. The molecule has 2 saturated carbocycles. The van der Waals surface area contributed by atoms with Gasteiger partial charge in [0.15, 0.2) is 0 Å². The second kappa shape index (κ2) is 8.91. The van der Waals surface area contributed by atoms with E-state index in [9.17, 15) is 0 Å². The third-order valence-electron chi connectivity index (χ3n) is 6.41. The van der Waals surface area contributed by atoms with Crippen LogP contribution in [0.3, 0.4) is 0 Å². The van der Waals surface area contributed by atoms with Crippen LogP contribution in [-0.2, 0) is 0 Å². The van der Waals surface area contributed by atoms with E-state index in [-0.39, 0.29) is 7.92 Å². The maximum absolute atomic E-state index is 2.52. The molecule has 0 aliphatic heterocycles. The van der Waals surface area contributed by atoms with Gasteiger partial charge in [0.25, 0.3) is 0 Å². The largest absolute Gasteiger partial charge is 0.313 e. The Morgan fingerprint density at radius 1 is 1.00 bits per heavy atom. The van der Waals surface area contributed by atoms with Crippen molar-refractivity contribution in [3.63, 3.8) is 0 Å². The molecule has 2 aliphatic carbocycles. The summed E-state index contributed by atoms with van der Waals surface area (Å²) in [5, 5.41) is 1.80. The van der Waals surface area contributed by atoms with Gasteiger partial charge in [0, 0.05) is 0 Å². The van der Waals surface area contributed by atoms with E-state index in [4.69, 9.17) is 0 Å². The summed E-state index contributed by atoms with van der Waals surface area (Å²) in [6.07, 6.45) is 16.1. The van der Waals surface area contributed by atoms with Gasteiger partial charge in [-0.1, -0.05) is 53.4 Å². The number of nitrogens with zero attached hydrogens (tertiary/aromatic N) is 1. The molecular weight excluding hydrogens is 309 g/mol. The minimum atomic E-state index is 0.0345. The molecule has 2 fully saturated rings. The molecule has 0 heterocycles. The van der Waals surface area contributed by atoms with E-state index in [2.05, 4.69) is 44.1 Å². The first-order chi connectivity index (χ1) is 11.7. The fraction of sp³-hybridized carbons (Fsp3) is 0.773. The molecule has 1 aromatic rings. The lowest BCUT2D eigenvalue weighted by molar-refractivity contribution is 0.293. The van der Waals surface area contributed by atoms with Crippen molar-refractivity contribution in [1.29, 1.82) is 0 Å². The van der Waals surface area contributed by atoms with E-state index in [1.54, 1.807) is 10.9 Å². The topological polar surface area (TPSA) is 3.24 Å².